The summed E-state index contributed by atoms with van der Waals surface area (Å²) >= 11 is 0. The van der Waals surface area contributed by atoms with Crippen molar-refractivity contribution in [2.45, 2.75) is 25.9 Å². The van der Waals surface area contributed by atoms with E-state index in [1.165, 1.54) is 6.07 Å². The fourth-order valence-electron chi connectivity index (χ4n) is 3.46. The fraction of sp³-hybridized carbons (Fsp3) is 0.333. The molecule has 3 aromatic heterocycles. The normalized spacial score (nSPS) is 16.1. The molecule has 1 aliphatic rings. The van der Waals surface area contributed by atoms with Gasteiger partial charge < -0.3 is 15.5 Å². The lowest BCUT2D eigenvalue weighted by molar-refractivity contribution is 0.612. The van der Waals surface area contributed by atoms with Crippen molar-refractivity contribution >= 4 is 35.8 Å². The molecule has 4 rings (SSSR count). The molecule has 1 atom stereocenters. The Morgan fingerprint density at radius 1 is 1.26 bits per heavy atom. The molecule has 0 bridgehead atoms. The molecular formula is C21H26FIN8. The first kappa shape index (κ1) is 22.9. The molecular weight excluding hydrogens is 510 g/mol. The minimum Gasteiger partial charge on any atom is -0.357 e. The fourth-order valence-corrected chi connectivity index (χ4v) is 3.46. The van der Waals surface area contributed by atoms with Crippen LogP contribution in [-0.2, 0) is 6.54 Å². The summed E-state index contributed by atoms with van der Waals surface area (Å²) in [6.45, 7) is 4.74. The summed E-state index contributed by atoms with van der Waals surface area (Å²) in [4.78, 5) is 19.3. The molecule has 0 saturated carbocycles. The van der Waals surface area contributed by atoms with E-state index in [9.17, 15) is 4.39 Å². The average molecular weight is 536 g/mol. The molecule has 0 amide bonds. The van der Waals surface area contributed by atoms with Crippen molar-refractivity contribution < 1.29 is 4.39 Å². The minimum atomic E-state index is -0.287. The summed E-state index contributed by atoms with van der Waals surface area (Å²) in [6.07, 6.45) is 9.59. The molecule has 0 radical (unpaired) electrons. The molecule has 1 unspecified atom stereocenters. The standard InChI is InChI=1S/C21H25FN8.HI/c1-2-24-21(27-13-16-5-8-25-19(12-16)30-11-9-23-15-30)28-17-6-10-29(14-17)20-18(22)4-3-7-26-20;/h3-5,7-9,11-12,15,17H,2,6,10,13-14H2,1H3,(H2,24,27,28);1H. The van der Waals surface area contributed by atoms with Crippen LogP contribution in [0.3, 0.4) is 0 Å². The maximum absolute atomic E-state index is 14.0. The highest BCUT2D eigenvalue weighted by molar-refractivity contribution is 14.0. The zero-order valence-corrected chi connectivity index (χ0v) is 19.6. The van der Waals surface area contributed by atoms with Crippen molar-refractivity contribution in [1.29, 1.82) is 0 Å². The van der Waals surface area contributed by atoms with Crippen LogP contribution in [-0.4, -0.2) is 51.2 Å². The summed E-state index contributed by atoms with van der Waals surface area (Å²) in [7, 11) is 0. The quantitative estimate of drug-likeness (QED) is 0.287. The molecule has 4 heterocycles. The van der Waals surface area contributed by atoms with Crippen LogP contribution in [0.25, 0.3) is 5.82 Å². The summed E-state index contributed by atoms with van der Waals surface area (Å²) < 4.78 is 15.9. The summed E-state index contributed by atoms with van der Waals surface area (Å²) in [6, 6.07) is 7.17. The van der Waals surface area contributed by atoms with Gasteiger partial charge in [-0.25, -0.2) is 24.3 Å². The largest absolute Gasteiger partial charge is 0.357 e. The molecule has 0 spiro atoms. The summed E-state index contributed by atoms with van der Waals surface area (Å²) in [5.74, 6) is 1.67. The topological polar surface area (TPSA) is 83.3 Å². The molecule has 164 valence electrons. The number of halogens is 2. The predicted octanol–water partition coefficient (Wildman–Crippen LogP) is 2.75. The summed E-state index contributed by atoms with van der Waals surface area (Å²) in [5.41, 5.74) is 1.05. The molecule has 31 heavy (non-hydrogen) atoms. The van der Waals surface area contributed by atoms with Crippen LogP contribution >= 0.6 is 24.0 Å². The molecule has 2 N–H and O–H groups in total. The van der Waals surface area contributed by atoms with Crippen LogP contribution in [0.5, 0.6) is 0 Å². The first-order valence-electron chi connectivity index (χ1n) is 10.1. The first-order chi connectivity index (χ1) is 14.7. The van der Waals surface area contributed by atoms with Gasteiger partial charge in [-0.15, -0.1) is 24.0 Å². The lowest BCUT2D eigenvalue weighted by Gasteiger charge is -2.20. The third-order valence-electron chi connectivity index (χ3n) is 4.91. The summed E-state index contributed by atoms with van der Waals surface area (Å²) in [5, 5.41) is 6.75. The zero-order chi connectivity index (χ0) is 20.8. The van der Waals surface area contributed by atoms with Crippen LogP contribution in [0, 0.1) is 5.82 Å². The van der Waals surface area contributed by atoms with Gasteiger partial charge in [0, 0.05) is 50.5 Å². The average Bonchev–Trinajstić information content (AvgIpc) is 3.45. The molecule has 0 aromatic carbocycles. The van der Waals surface area contributed by atoms with E-state index in [0.29, 0.717) is 18.9 Å². The van der Waals surface area contributed by atoms with Crippen molar-refractivity contribution in [3.05, 3.63) is 66.8 Å². The smallest absolute Gasteiger partial charge is 0.191 e. The van der Waals surface area contributed by atoms with E-state index < -0.39 is 0 Å². The van der Waals surface area contributed by atoms with Crippen molar-refractivity contribution in [2.75, 3.05) is 24.5 Å². The SMILES string of the molecule is CCNC(=NCc1ccnc(-n2ccnc2)c1)NC1CCN(c2ncccc2F)C1.I. The van der Waals surface area contributed by atoms with Gasteiger partial charge in [0.1, 0.15) is 12.1 Å². The molecule has 1 aliphatic heterocycles. The monoisotopic (exact) mass is 536 g/mol. The van der Waals surface area contributed by atoms with E-state index >= 15 is 0 Å². The Hall–Kier alpha value is -2.76. The van der Waals surface area contributed by atoms with Gasteiger partial charge in [0.25, 0.3) is 0 Å². The van der Waals surface area contributed by atoms with Gasteiger partial charge in [0.2, 0.25) is 0 Å². The predicted molar refractivity (Wildman–Crippen MR) is 130 cm³/mol. The third kappa shape index (κ3) is 5.90. The number of nitrogens with one attached hydrogen (secondary N) is 2. The molecule has 0 aliphatic carbocycles. The van der Waals surface area contributed by atoms with Gasteiger partial charge in [-0.1, -0.05) is 0 Å². The van der Waals surface area contributed by atoms with E-state index in [0.717, 1.165) is 36.9 Å². The highest BCUT2D eigenvalue weighted by Crippen LogP contribution is 2.20. The Balaban J connectivity index is 0.00000272. The van der Waals surface area contributed by atoms with Gasteiger partial charge in [-0.2, -0.15) is 0 Å². The van der Waals surface area contributed by atoms with Gasteiger partial charge in [-0.05, 0) is 43.2 Å². The molecule has 1 saturated heterocycles. The Bertz CT molecular complexity index is 995. The minimum absolute atomic E-state index is 0. The van der Waals surface area contributed by atoms with Crippen molar-refractivity contribution in [3.8, 4) is 5.82 Å². The number of imidazole rings is 1. The Labute approximate surface area is 198 Å². The van der Waals surface area contributed by atoms with Crippen molar-refractivity contribution in [3.63, 3.8) is 0 Å². The number of anilines is 1. The lowest BCUT2D eigenvalue weighted by atomic mass is 10.2. The van der Waals surface area contributed by atoms with E-state index in [1.807, 2.05) is 34.7 Å². The van der Waals surface area contributed by atoms with Crippen molar-refractivity contribution in [2.24, 2.45) is 4.99 Å². The Kier molecular flexibility index (Phi) is 8.15. The number of aromatic nitrogens is 4. The van der Waals surface area contributed by atoms with E-state index in [4.69, 9.17) is 4.99 Å². The highest BCUT2D eigenvalue weighted by Gasteiger charge is 2.25. The van der Waals surface area contributed by atoms with Crippen LogP contribution in [0.2, 0.25) is 0 Å². The Morgan fingerprint density at radius 3 is 2.94 bits per heavy atom. The first-order valence-corrected chi connectivity index (χ1v) is 10.1. The number of nitrogens with zero attached hydrogens (tertiary/aromatic N) is 6. The number of guanidine groups is 1. The van der Waals surface area contributed by atoms with Crippen LogP contribution in [0.4, 0.5) is 10.2 Å². The Morgan fingerprint density at radius 2 is 2.16 bits per heavy atom. The number of pyridine rings is 2. The lowest BCUT2D eigenvalue weighted by Crippen LogP contribution is -2.44. The second kappa shape index (κ2) is 11.0. The third-order valence-corrected chi connectivity index (χ3v) is 4.91. The maximum Gasteiger partial charge on any atom is 0.191 e. The highest BCUT2D eigenvalue weighted by atomic mass is 127. The van der Waals surface area contributed by atoms with Crippen LogP contribution < -0.4 is 15.5 Å². The number of hydrogen-bond donors (Lipinski definition) is 2. The molecule has 10 heteroatoms. The van der Waals surface area contributed by atoms with Gasteiger partial charge >= 0.3 is 0 Å². The van der Waals surface area contributed by atoms with E-state index in [1.54, 1.807) is 31.0 Å². The van der Waals surface area contributed by atoms with E-state index in [-0.39, 0.29) is 35.8 Å². The molecule has 3 aromatic rings. The second-order valence-electron chi connectivity index (χ2n) is 7.07. The van der Waals surface area contributed by atoms with Gasteiger partial charge in [-0.3, -0.25) is 4.57 Å². The van der Waals surface area contributed by atoms with Gasteiger partial charge in [0.15, 0.2) is 17.6 Å². The van der Waals surface area contributed by atoms with Gasteiger partial charge in [0.05, 0.1) is 6.54 Å². The van der Waals surface area contributed by atoms with Crippen LogP contribution in [0.1, 0.15) is 18.9 Å². The maximum atomic E-state index is 14.0. The number of rotatable bonds is 6. The molecule has 1 fully saturated rings. The van der Waals surface area contributed by atoms with Crippen molar-refractivity contribution in [1.82, 2.24) is 30.2 Å². The molecule has 8 nitrogen and oxygen atoms in total. The van der Waals surface area contributed by atoms with Crippen LogP contribution in [0.15, 0.2) is 60.4 Å². The number of hydrogen-bond acceptors (Lipinski definition) is 5. The van der Waals surface area contributed by atoms with E-state index in [2.05, 4.69) is 25.6 Å². The zero-order valence-electron chi connectivity index (χ0n) is 17.3. The number of aliphatic imine (C=N–C) groups is 1. The second-order valence-corrected chi connectivity index (χ2v) is 7.07.